The van der Waals surface area contributed by atoms with E-state index in [2.05, 4.69) is 0 Å². The summed E-state index contributed by atoms with van der Waals surface area (Å²) >= 11 is 0. The van der Waals surface area contributed by atoms with E-state index in [1.807, 2.05) is 0 Å². The fourth-order valence-corrected chi connectivity index (χ4v) is 2.17. The van der Waals surface area contributed by atoms with E-state index >= 15 is 0 Å². The Labute approximate surface area is 92.9 Å². The molecule has 0 saturated heterocycles. The number of rotatable bonds is 3. The fourth-order valence-electron chi connectivity index (χ4n) is 1.46. The molecular weight excluding hydrogens is 234 g/mol. The zero-order valence-electron chi connectivity index (χ0n) is 8.97. The smallest absolute Gasteiger partial charge is 0.269 e. The predicted octanol–water partition coefficient (Wildman–Crippen LogP) is 0.270. The molecule has 0 unspecified atom stereocenters. The van der Waals surface area contributed by atoms with Crippen molar-refractivity contribution in [2.75, 3.05) is 0 Å². The van der Waals surface area contributed by atoms with Gasteiger partial charge in [-0.25, -0.2) is 0 Å². The molecule has 0 saturated carbocycles. The molecule has 6 nitrogen and oxygen atoms in total. The van der Waals surface area contributed by atoms with E-state index in [1.165, 1.54) is 13.0 Å². The van der Waals surface area contributed by atoms with Gasteiger partial charge in [0.25, 0.3) is 15.7 Å². The lowest BCUT2D eigenvalue weighted by atomic mass is 10.2. The van der Waals surface area contributed by atoms with Gasteiger partial charge in [-0.15, -0.1) is 0 Å². The molecule has 2 N–H and O–H groups in total. The van der Waals surface area contributed by atoms with E-state index in [-0.39, 0.29) is 18.0 Å². The normalized spacial score (nSPS) is 11.7. The van der Waals surface area contributed by atoms with Gasteiger partial charge in [0.1, 0.15) is 5.75 Å². The number of hydrogen-bond acceptors (Lipinski definition) is 4. The van der Waals surface area contributed by atoms with Crippen molar-refractivity contribution in [3.05, 3.63) is 27.5 Å². The number of hydrogen-bond donors (Lipinski definition) is 2. The summed E-state index contributed by atoms with van der Waals surface area (Å²) in [5, 5.41) is 9.45. The highest BCUT2D eigenvalue weighted by atomic mass is 32.2. The van der Waals surface area contributed by atoms with Crippen LogP contribution in [-0.4, -0.2) is 22.6 Å². The SMILES string of the molecule is CCn1c(O)cc(C)c(CS(=O)(=O)O)c1=O. The van der Waals surface area contributed by atoms with Crippen LogP contribution in [-0.2, 0) is 22.4 Å². The Balaban J connectivity index is 3.46. The third kappa shape index (κ3) is 2.61. The van der Waals surface area contributed by atoms with Gasteiger partial charge in [-0.05, 0) is 19.4 Å². The molecule has 1 rings (SSSR count). The zero-order valence-corrected chi connectivity index (χ0v) is 9.78. The minimum absolute atomic E-state index is 0.0258. The molecule has 0 aliphatic rings. The van der Waals surface area contributed by atoms with Gasteiger partial charge in [-0.2, -0.15) is 8.42 Å². The molecule has 7 heteroatoms. The topological polar surface area (TPSA) is 96.6 Å². The third-order valence-electron chi connectivity index (χ3n) is 2.24. The molecule has 90 valence electrons. The summed E-state index contributed by atoms with van der Waals surface area (Å²) in [4.78, 5) is 11.7. The van der Waals surface area contributed by atoms with Gasteiger partial charge >= 0.3 is 0 Å². The van der Waals surface area contributed by atoms with Gasteiger partial charge in [0, 0.05) is 18.2 Å². The highest BCUT2D eigenvalue weighted by Gasteiger charge is 2.16. The fraction of sp³-hybridized carbons (Fsp3) is 0.444. The summed E-state index contributed by atoms with van der Waals surface area (Å²) in [5.74, 6) is -0.957. The maximum Gasteiger partial charge on any atom is 0.269 e. The first kappa shape index (κ1) is 12.7. The summed E-state index contributed by atoms with van der Waals surface area (Å²) in [7, 11) is -4.25. The standard InChI is InChI=1S/C9H13NO5S/c1-3-10-8(11)4-6(2)7(9(10)12)5-16(13,14)15/h4,11H,3,5H2,1-2H3,(H,13,14,15). The first-order valence-electron chi connectivity index (χ1n) is 4.63. The van der Waals surface area contributed by atoms with E-state index in [9.17, 15) is 18.3 Å². The quantitative estimate of drug-likeness (QED) is 0.747. The number of nitrogens with zero attached hydrogens (tertiary/aromatic N) is 1. The van der Waals surface area contributed by atoms with Gasteiger partial charge in [0.15, 0.2) is 5.88 Å². The van der Waals surface area contributed by atoms with Crippen LogP contribution in [0.4, 0.5) is 0 Å². The van der Waals surface area contributed by atoms with E-state index in [0.717, 1.165) is 4.57 Å². The second-order valence-corrected chi connectivity index (χ2v) is 4.89. The largest absolute Gasteiger partial charge is 0.494 e. The average molecular weight is 247 g/mol. The Morgan fingerprint density at radius 2 is 2.00 bits per heavy atom. The summed E-state index contributed by atoms with van der Waals surface area (Å²) < 4.78 is 31.2. The molecule has 1 heterocycles. The molecule has 1 aromatic heterocycles. The molecule has 0 aliphatic carbocycles. The van der Waals surface area contributed by atoms with Crippen molar-refractivity contribution in [1.82, 2.24) is 4.57 Å². The van der Waals surface area contributed by atoms with Crippen LogP contribution < -0.4 is 5.56 Å². The second-order valence-electron chi connectivity index (χ2n) is 3.44. The number of aromatic nitrogens is 1. The molecule has 1 aromatic rings. The van der Waals surface area contributed by atoms with Crippen LogP contribution >= 0.6 is 0 Å². The molecule has 0 atom stereocenters. The number of aromatic hydroxyl groups is 1. The Morgan fingerprint density at radius 3 is 2.44 bits per heavy atom. The van der Waals surface area contributed by atoms with Crippen LogP contribution in [0.5, 0.6) is 5.88 Å². The summed E-state index contributed by atoms with van der Waals surface area (Å²) in [6.07, 6.45) is 0. The summed E-state index contributed by atoms with van der Waals surface area (Å²) in [5.41, 5.74) is -0.287. The Kier molecular flexibility index (Phi) is 3.39. The molecule has 0 aliphatic heterocycles. The number of aryl methyl sites for hydroxylation is 1. The predicted molar refractivity (Wildman–Crippen MR) is 58.0 cm³/mol. The molecule has 0 aromatic carbocycles. The number of pyridine rings is 1. The molecule has 0 spiro atoms. The third-order valence-corrected chi connectivity index (χ3v) is 2.90. The van der Waals surface area contributed by atoms with Crippen molar-refractivity contribution in [2.45, 2.75) is 26.1 Å². The van der Waals surface area contributed by atoms with Gasteiger partial charge in [0.2, 0.25) is 0 Å². The van der Waals surface area contributed by atoms with E-state index < -0.39 is 21.4 Å². The van der Waals surface area contributed by atoms with Crippen LogP contribution in [0.2, 0.25) is 0 Å². The highest BCUT2D eigenvalue weighted by Crippen LogP contribution is 2.13. The molecule has 0 radical (unpaired) electrons. The lowest BCUT2D eigenvalue weighted by Gasteiger charge is -2.10. The van der Waals surface area contributed by atoms with Crippen LogP contribution in [0.3, 0.4) is 0 Å². The molecule has 16 heavy (non-hydrogen) atoms. The Hall–Kier alpha value is -1.34. The van der Waals surface area contributed by atoms with Crippen LogP contribution in [0.1, 0.15) is 18.1 Å². The van der Waals surface area contributed by atoms with Crippen molar-refractivity contribution in [3.8, 4) is 5.88 Å². The van der Waals surface area contributed by atoms with Crippen LogP contribution in [0.25, 0.3) is 0 Å². The minimum Gasteiger partial charge on any atom is -0.494 e. The highest BCUT2D eigenvalue weighted by molar-refractivity contribution is 7.85. The van der Waals surface area contributed by atoms with E-state index in [4.69, 9.17) is 4.55 Å². The van der Waals surface area contributed by atoms with Crippen molar-refractivity contribution in [2.24, 2.45) is 0 Å². The van der Waals surface area contributed by atoms with Crippen LogP contribution in [0.15, 0.2) is 10.9 Å². The first-order valence-corrected chi connectivity index (χ1v) is 6.24. The average Bonchev–Trinajstić information content (AvgIpc) is 2.11. The van der Waals surface area contributed by atoms with Crippen LogP contribution in [0, 0.1) is 6.92 Å². The minimum atomic E-state index is -4.25. The monoisotopic (exact) mass is 247 g/mol. The van der Waals surface area contributed by atoms with E-state index in [0.29, 0.717) is 5.56 Å². The van der Waals surface area contributed by atoms with Crippen molar-refractivity contribution in [3.63, 3.8) is 0 Å². The summed E-state index contributed by atoms with van der Waals surface area (Å²) in [6.45, 7) is 3.37. The first-order chi connectivity index (χ1) is 7.26. The Bertz CT molecular complexity index is 558. The molecule has 0 amide bonds. The molecule has 0 bridgehead atoms. The maximum atomic E-state index is 11.7. The lowest BCUT2D eigenvalue weighted by Crippen LogP contribution is -2.25. The second kappa shape index (κ2) is 4.26. The maximum absolute atomic E-state index is 11.7. The Morgan fingerprint density at radius 1 is 1.44 bits per heavy atom. The van der Waals surface area contributed by atoms with Gasteiger partial charge < -0.3 is 5.11 Å². The van der Waals surface area contributed by atoms with Gasteiger partial charge in [-0.1, -0.05) is 0 Å². The van der Waals surface area contributed by atoms with E-state index in [1.54, 1.807) is 6.92 Å². The lowest BCUT2D eigenvalue weighted by molar-refractivity contribution is 0.409. The molecular formula is C9H13NO5S. The summed E-state index contributed by atoms with van der Waals surface area (Å²) in [6, 6.07) is 1.30. The van der Waals surface area contributed by atoms with Gasteiger partial charge in [0.05, 0.1) is 0 Å². The van der Waals surface area contributed by atoms with Crippen molar-refractivity contribution in [1.29, 1.82) is 0 Å². The van der Waals surface area contributed by atoms with Crippen molar-refractivity contribution < 1.29 is 18.1 Å². The van der Waals surface area contributed by atoms with Crippen molar-refractivity contribution >= 4 is 10.1 Å². The zero-order chi connectivity index (χ0) is 12.5. The van der Waals surface area contributed by atoms with Gasteiger partial charge in [-0.3, -0.25) is 13.9 Å². The molecule has 0 fully saturated rings.